The van der Waals surface area contributed by atoms with Crippen LogP contribution in [-0.2, 0) is 11.2 Å². The smallest absolute Gasteiger partial charge is 0.229 e. The lowest BCUT2D eigenvalue weighted by Gasteiger charge is -2.41. The van der Waals surface area contributed by atoms with E-state index in [1.165, 1.54) is 5.56 Å². The van der Waals surface area contributed by atoms with Crippen LogP contribution in [0.1, 0.15) is 35.7 Å². The third-order valence-electron chi connectivity index (χ3n) is 4.05. The lowest BCUT2D eigenvalue weighted by atomic mass is 9.94. The molecular weight excluding hydrogens is 288 g/mol. The van der Waals surface area contributed by atoms with Crippen molar-refractivity contribution in [3.63, 3.8) is 0 Å². The Kier molecular flexibility index (Phi) is 3.97. The first-order valence-electron chi connectivity index (χ1n) is 7.12. The van der Waals surface area contributed by atoms with E-state index in [9.17, 15) is 4.79 Å². The van der Waals surface area contributed by atoms with E-state index in [1.54, 1.807) is 0 Å². The van der Waals surface area contributed by atoms with Crippen LogP contribution in [0.4, 0.5) is 0 Å². The molecule has 0 spiro atoms. The number of halogens is 1. The summed E-state index contributed by atoms with van der Waals surface area (Å²) in [5.74, 6) is 0.159. The van der Waals surface area contributed by atoms with E-state index in [1.807, 2.05) is 30.0 Å². The fraction of sp³-hybridized carbons (Fsp3) is 0.375. The molecule has 21 heavy (non-hydrogen) atoms. The number of likely N-dealkylation sites (tertiary alicyclic amines) is 1. The summed E-state index contributed by atoms with van der Waals surface area (Å²) in [4.78, 5) is 14.3. The Bertz CT molecular complexity index is 619. The van der Waals surface area contributed by atoms with Gasteiger partial charge in [-0.05, 0) is 36.9 Å². The number of carbonyl (C=O) groups excluding carboxylic acids is 1. The van der Waals surface area contributed by atoms with E-state index in [0.717, 1.165) is 24.2 Å². The van der Waals surface area contributed by atoms with Crippen LogP contribution in [0.15, 0.2) is 34.9 Å². The van der Waals surface area contributed by atoms with E-state index >= 15 is 0 Å². The van der Waals surface area contributed by atoms with Gasteiger partial charge < -0.3 is 9.42 Å². The average Bonchev–Trinajstić information content (AvgIpc) is 2.76. The van der Waals surface area contributed by atoms with Crippen molar-refractivity contribution in [2.45, 2.75) is 32.2 Å². The van der Waals surface area contributed by atoms with Crippen molar-refractivity contribution in [3.8, 4) is 0 Å². The molecule has 1 aliphatic heterocycles. The van der Waals surface area contributed by atoms with Gasteiger partial charge in [0.1, 0.15) is 0 Å². The fourth-order valence-electron chi connectivity index (χ4n) is 2.72. The van der Waals surface area contributed by atoms with E-state index < -0.39 is 0 Å². The summed E-state index contributed by atoms with van der Waals surface area (Å²) >= 11 is 5.93. The van der Waals surface area contributed by atoms with Gasteiger partial charge in [0.15, 0.2) is 0 Å². The number of nitrogens with zero attached hydrogens (tertiary/aromatic N) is 2. The molecule has 1 saturated heterocycles. The Balaban J connectivity index is 1.61. The maximum atomic E-state index is 12.4. The van der Waals surface area contributed by atoms with E-state index in [4.69, 9.17) is 16.1 Å². The number of amides is 1. The third kappa shape index (κ3) is 2.81. The number of rotatable bonds is 4. The molecule has 0 radical (unpaired) electrons. The fourth-order valence-corrected chi connectivity index (χ4v) is 2.99. The van der Waals surface area contributed by atoms with Crippen molar-refractivity contribution in [2.75, 3.05) is 6.54 Å². The summed E-state index contributed by atoms with van der Waals surface area (Å²) in [5, 5.41) is 4.10. The molecule has 110 valence electrons. The Hall–Kier alpha value is -1.81. The molecule has 0 saturated carbocycles. The molecule has 1 atom stereocenters. The number of benzene rings is 1. The van der Waals surface area contributed by atoms with Crippen LogP contribution in [0.2, 0.25) is 5.22 Å². The van der Waals surface area contributed by atoms with Gasteiger partial charge in [-0.2, -0.15) is 0 Å². The van der Waals surface area contributed by atoms with E-state index in [-0.39, 0.29) is 11.9 Å². The minimum atomic E-state index is 0.159. The summed E-state index contributed by atoms with van der Waals surface area (Å²) in [6.07, 6.45) is 2.04. The maximum absolute atomic E-state index is 12.4. The molecule has 1 aliphatic rings. The predicted molar refractivity (Wildman–Crippen MR) is 80.1 cm³/mol. The zero-order valence-electron chi connectivity index (χ0n) is 11.9. The van der Waals surface area contributed by atoms with Gasteiger partial charge in [-0.15, -0.1) is 0 Å². The minimum absolute atomic E-state index is 0.159. The highest BCUT2D eigenvalue weighted by atomic mass is 35.5. The normalized spacial score (nSPS) is 17.6. The standard InChI is InChI=1S/C16H17ClN2O2/c1-11-13(16(17)21-18-11)7-8-15(20)19-10-9-14(19)12-5-3-2-4-6-12/h2-6,14H,7-10H2,1H3/t14-/m0/s1. The average molecular weight is 305 g/mol. The zero-order valence-corrected chi connectivity index (χ0v) is 12.6. The van der Waals surface area contributed by atoms with Crippen LogP contribution in [-0.4, -0.2) is 22.5 Å². The molecule has 0 unspecified atom stereocenters. The van der Waals surface area contributed by atoms with Crippen molar-refractivity contribution in [3.05, 3.63) is 52.4 Å². The van der Waals surface area contributed by atoms with E-state index in [2.05, 4.69) is 17.3 Å². The second-order valence-electron chi connectivity index (χ2n) is 5.32. The summed E-state index contributed by atoms with van der Waals surface area (Å²) in [5.41, 5.74) is 2.80. The summed E-state index contributed by atoms with van der Waals surface area (Å²) in [6, 6.07) is 10.4. The van der Waals surface area contributed by atoms with E-state index in [0.29, 0.717) is 18.1 Å². The highest BCUT2D eigenvalue weighted by Gasteiger charge is 2.32. The lowest BCUT2D eigenvalue weighted by Crippen LogP contribution is -2.45. The van der Waals surface area contributed by atoms with Crippen LogP contribution in [0.3, 0.4) is 0 Å². The van der Waals surface area contributed by atoms with Crippen LogP contribution >= 0.6 is 11.6 Å². The molecule has 4 nitrogen and oxygen atoms in total. The van der Waals surface area contributed by atoms with Crippen LogP contribution < -0.4 is 0 Å². The van der Waals surface area contributed by atoms with Crippen molar-refractivity contribution in [2.24, 2.45) is 0 Å². The maximum Gasteiger partial charge on any atom is 0.229 e. The van der Waals surface area contributed by atoms with Gasteiger partial charge >= 0.3 is 0 Å². The van der Waals surface area contributed by atoms with Crippen LogP contribution in [0, 0.1) is 6.92 Å². The first kappa shape index (κ1) is 14.1. The highest BCUT2D eigenvalue weighted by Crippen LogP contribution is 2.34. The van der Waals surface area contributed by atoms with Crippen molar-refractivity contribution in [1.82, 2.24) is 10.1 Å². The predicted octanol–water partition coefficient (Wildman–Crippen LogP) is 3.54. The molecule has 1 amide bonds. The van der Waals surface area contributed by atoms with Crippen molar-refractivity contribution >= 4 is 17.5 Å². The number of aryl methyl sites for hydroxylation is 1. The molecule has 1 fully saturated rings. The largest absolute Gasteiger partial charge is 0.344 e. The van der Waals surface area contributed by atoms with Gasteiger partial charge in [-0.3, -0.25) is 4.79 Å². The number of carbonyl (C=O) groups is 1. The Labute approximate surface area is 128 Å². The number of aromatic nitrogens is 1. The first-order chi connectivity index (χ1) is 10.2. The summed E-state index contributed by atoms with van der Waals surface area (Å²) in [6.45, 7) is 2.67. The highest BCUT2D eigenvalue weighted by molar-refractivity contribution is 6.29. The molecule has 3 rings (SSSR count). The number of hydrogen-bond donors (Lipinski definition) is 0. The van der Waals surface area contributed by atoms with Gasteiger partial charge in [-0.1, -0.05) is 35.5 Å². The Morgan fingerprint density at radius 3 is 2.76 bits per heavy atom. The molecule has 0 bridgehead atoms. The van der Waals surface area contributed by atoms with Crippen molar-refractivity contribution in [1.29, 1.82) is 0 Å². The minimum Gasteiger partial charge on any atom is -0.344 e. The topological polar surface area (TPSA) is 46.3 Å². The van der Waals surface area contributed by atoms with Crippen LogP contribution in [0.25, 0.3) is 0 Å². The molecule has 2 heterocycles. The van der Waals surface area contributed by atoms with Gasteiger partial charge in [0.2, 0.25) is 11.1 Å². The van der Waals surface area contributed by atoms with Crippen LogP contribution in [0.5, 0.6) is 0 Å². The monoisotopic (exact) mass is 304 g/mol. The van der Waals surface area contributed by atoms with Crippen molar-refractivity contribution < 1.29 is 9.32 Å². The van der Waals surface area contributed by atoms with Gasteiger partial charge in [0.05, 0.1) is 11.7 Å². The molecule has 1 aromatic carbocycles. The summed E-state index contributed by atoms with van der Waals surface area (Å²) in [7, 11) is 0. The van der Waals surface area contributed by atoms with Gasteiger partial charge in [-0.25, -0.2) is 0 Å². The molecular formula is C16H17ClN2O2. The van der Waals surface area contributed by atoms with Gasteiger partial charge in [0.25, 0.3) is 0 Å². The Morgan fingerprint density at radius 2 is 2.19 bits per heavy atom. The second kappa shape index (κ2) is 5.90. The molecule has 0 aliphatic carbocycles. The third-order valence-corrected chi connectivity index (χ3v) is 4.35. The SMILES string of the molecule is Cc1noc(Cl)c1CCC(=O)N1CC[C@H]1c1ccccc1. The first-order valence-corrected chi connectivity index (χ1v) is 7.49. The quantitative estimate of drug-likeness (QED) is 0.868. The Morgan fingerprint density at radius 1 is 1.43 bits per heavy atom. The lowest BCUT2D eigenvalue weighted by molar-refractivity contribution is -0.139. The molecule has 0 N–H and O–H groups in total. The molecule has 5 heteroatoms. The second-order valence-corrected chi connectivity index (χ2v) is 5.67. The molecule has 2 aromatic rings. The zero-order chi connectivity index (χ0) is 14.8. The number of hydrogen-bond acceptors (Lipinski definition) is 3. The summed E-state index contributed by atoms with van der Waals surface area (Å²) < 4.78 is 4.91. The van der Waals surface area contributed by atoms with Gasteiger partial charge in [0, 0.05) is 18.5 Å². The molecule has 1 aromatic heterocycles.